The van der Waals surface area contributed by atoms with E-state index < -0.39 is 10.0 Å². The Morgan fingerprint density at radius 1 is 1.06 bits per heavy atom. The van der Waals surface area contributed by atoms with Crippen LogP contribution in [0.2, 0.25) is 0 Å². The number of piperidine rings is 1. The highest BCUT2D eigenvalue weighted by Gasteiger charge is 2.32. The van der Waals surface area contributed by atoms with Gasteiger partial charge in [0.2, 0.25) is 15.9 Å². The lowest BCUT2D eigenvalue weighted by molar-refractivity contribution is -0.120. The van der Waals surface area contributed by atoms with Crippen molar-refractivity contribution in [1.29, 1.82) is 0 Å². The molecule has 0 atom stereocenters. The number of hydrogen-bond acceptors (Lipinski definition) is 6. The molecule has 9 heteroatoms. The average Bonchev–Trinajstić information content (AvgIpc) is 2.86. The molecule has 0 saturated carbocycles. The third-order valence-electron chi connectivity index (χ3n) is 6.03. The first-order valence-corrected chi connectivity index (χ1v) is 13.5. The van der Waals surface area contributed by atoms with Crippen LogP contribution >= 0.6 is 0 Å². The molecule has 1 N–H and O–H groups in total. The summed E-state index contributed by atoms with van der Waals surface area (Å²) < 4.78 is 38.3. The topological polar surface area (TPSA) is 102 Å². The van der Waals surface area contributed by atoms with E-state index in [1.165, 1.54) is 4.31 Å². The number of esters is 1. The molecule has 1 aliphatic heterocycles. The predicted molar refractivity (Wildman–Crippen MR) is 134 cm³/mol. The molecular weight excluding hydrogens is 468 g/mol. The molecule has 190 valence electrons. The Kier molecular flexibility index (Phi) is 9.28. The molecule has 8 nitrogen and oxygen atoms in total. The lowest BCUT2D eigenvalue weighted by Gasteiger charge is -2.30. The molecule has 0 aromatic heterocycles. The molecular formula is C26H34N2O6S. The van der Waals surface area contributed by atoms with Crippen LogP contribution in [0.4, 0.5) is 5.69 Å². The van der Waals surface area contributed by atoms with Crippen molar-refractivity contribution in [3.05, 3.63) is 53.6 Å². The molecule has 1 amide bonds. The standard InChI is InChI=1S/C26H34N2O6S/c1-4-6-17-34-26(30)21-7-9-22(10-8-21)27-25(29)20-13-15-28(16-14-20)35(31,32)23-11-12-24(33-5-2)19(3)18-23/h7-12,18,20H,4-6,13-17H2,1-3H3,(H,27,29). The Labute approximate surface area is 207 Å². The van der Waals surface area contributed by atoms with Crippen molar-refractivity contribution < 1.29 is 27.5 Å². The summed E-state index contributed by atoms with van der Waals surface area (Å²) in [5, 5.41) is 2.87. The van der Waals surface area contributed by atoms with Crippen LogP contribution in [0.1, 0.15) is 55.5 Å². The van der Waals surface area contributed by atoms with Crippen molar-refractivity contribution in [2.24, 2.45) is 5.92 Å². The number of amides is 1. The lowest BCUT2D eigenvalue weighted by atomic mass is 9.97. The van der Waals surface area contributed by atoms with Gasteiger partial charge in [0.05, 0.1) is 23.7 Å². The number of anilines is 1. The van der Waals surface area contributed by atoms with E-state index in [1.807, 2.05) is 20.8 Å². The summed E-state index contributed by atoms with van der Waals surface area (Å²) in [6.45, 7) is 7.17. The number of hydrogen-bond donors (Lipinski definition) is 1. The fourth-order valence-electron chi connectivity index (χ4n) is 3.93. The summed E-state index contributed by atoms with van der Waals surface area (Å²) in [6.07, 6.45) is 2.63. The van der Waals surface area contributed by atoms with E-state index in [2.05, 4.69) is 5.32 Å². The highest BCUT2D eigenvalue weighted by molar-refractivity contribution is 7.89. The van der Waals surface area contributed by atoms with Gasteiger partial charge in [-0.25, -0.2) is 13.2 Å². The van der Waals surface area contributed by atoms with Crippen LogP contribution in [0, 0.1) is 12.8 Å². The molecule has 0 radical (unpaired) electrons. The number of rotatable bonds is 10. The van der Waals surface area contributed by atoms with Gasteiger partial charge < -0.3 is 14.8 Å². The number of aryl methyl sites for hydroxylation is 1. The fraction of sp³-hybridized carbons (Fsp3) is 0.462. The summed E-state index contributed by atoms with van der Waals surface area (Å²) >= 11 is 0. The molecule has 0 spiro atoms. The Balaban J connectivity index is 1.54. The lowest BCUT2D eigenvalue weighted by Crippen LogP contribution is -2.41. The molecule has 0 bridgehead atoms. The van der Waals surface area contributed by atoms with Crippen LogP contribution in [0.5, 0.6) is 5.75 Å². The highest BCUT2D eigenvalue weighted by Crippen LogP contribution is 2.28. The van der Waals surface area contributed by atoms with Gasteiger partial charge in [-0.1, -0.05) is 13.3 Å². The number of unbranched alkanes of at least 4 members (excludes halogenated alkanes) is 1. The van der Waals surface area contributed by atoms with Gasteiger partial charge in [0.15, 0.2) is 0 Å². The van der Waals surface area contributed by atoms with Crippen LogP contribution in [-0.4, -0.2) is 50.9 Å². The second-order valence-electron chi connectivity index (χ2n) is 8.59. The normalized spacial score (nSPS) is 14.9. The third-order valence-corrected chi connectivity index (χ3v) is 7.92. The van der Waals surface area contributed by atoms with Crippen molar-refractivity contribution in [2.75, 3.05) is 31.6 Å². The number of nitrogens with one attached hydrogen (secondary N) is 1. The molecule has 2 aromatic rings. The first-order valence-electron chi connectivity index (χ1n) is 12.1. The second-order valence-corrected chi connectivity index (χ2v) is 10.5. The fourth-order valence-corrected chi connectivity index (χ4v) is 5.49. The van der Waals surface area contributed by atoms with E-state index in [1.54, 1.807) is 42.5 Å². The predicted octanol–water partition coefficient (Wildman–Crippen LogP) is 4.39. The molecule has 1 heterocycles. The van der Waals surface area contributed by atoms with Crippen molar-refractivity contribution in [2.45, 2.75) is 51.3 Å². The molecule has 1 fully saturated rings. The van der Waals surface area contributed by atoms with Gasteiger partial charge in [-0.2, -0.15) is 4.31 Å². The molecule has 1 aliphatic rings. The quantitative estimate of drug-likeness (QED) is 0.382. The van der Waals surface area contributed by atoms with E-state index in [-0.39, 0.29) is 35.8 Å². The zero-order chi connectivity index (χ0) is 25.4. The first kappa shape index (κ1) is 26.7. The van der Waals surface area contributed by atoms with Crippen molar-refractivity contribution in [3.8, 4) is 5.75 Å². The third kappa shape index (κ3) is 6.82. The molecule has 0 aliphatic carbocycles. The summed E-state index contributed by atoms with van der Waals surface area (Å²) in [6, 6.07) is 11.5. The van der Waals surface area contributed by atoms with Crippen molar-refractivity contribution in [3.63, 3.8) is 0 Å². The Hall–Kier alpha value is -2.91. The van der Waals surface area contributed by atoms with Gasteiger partial charge in [-0.15, -0.1) is 0 Å². The van der Waals surface area contributed by atoms with Crippen LogP contribution in [0.25, 0.3) is 0 Å². The van der Waals surface area contributed by atoms with Crippen LogP contribution in [0.3, 0.4) is 0 Å². The second kappa shape index (κ2) is 12.2. The smallest absolute Gasteiger partial charge is 0.338 e. The maximum Gasteiger partial charge on any atom is 0.338 e. The Morgan fingerprint density at radius 3 is 2.34 bits per heavy atom. The van der Waals surface area contributed by atoms with Crippen LogP contribution < -0.4 is 10.1 Å². The van der Waals surface area contributed by atoms with Gasteiger partial charge in [0.1, 0.15) is 5.75 Å². The van der Waals surface area contributed by atoms with E-state index in [0.717, 1.165) is 18.4 Å². The maximum atomic E-state index is 13.1. The highest BCUT2D eigenvalue weighted by atomic mass is 32.2. The summed E-state index contributed by atoms with van der Waals surface area (Å²) in [4.78, 5) is 25.0. The number of ether oxygens (including phenoxy) is 2. The zero-order valence-corrected chi connectivity index (χ0v) is 21.4. The van der Waals surface area contributed by atoms with Gasteiger partial charge in [0, 0.05) is 24.7 Å². The number of carbonyl (C=O) groups is 2. The minimum Gasteiger partial charge on any atom is -0.494 e. The largest absolute Gasteiger partial charge is 0.494 e. The van der Waals surface area contributed by atoms with Gasteiger partial charge >= 0.3 is 5.97 Å². The number of nitrogens with zero attached hydrogens (tertiary/aromatic N) is 1. The van der Waals surface area contributed by atoms with Gasteiger partial charge in [-0.3, -0.25) is 4.79 Å². The van der Waals surface area contributed by atoms with E-state index in [0.29, 0.717) is 43.1 Å². The molecule has 3 rings (SSSR count). The molecule has 0 unspecified atom stereocenters. The van der Waals surface area contributed by atoms with E-state index in [4.69, 9.17) is 9.47 Å². The minimum atomic E-state index is -3.64. The number of carbonyl (C=O) groups excluding carboxylic acids is 2. The van der Waals surface area contributed by atoms with Gasteiger partial charge in [0.25, 0.3) is 0 Å². The summed E-state index contributed by atoms with van der Waals surface area (Å²) in [5.74, 6) is -0.157. The van der Waals surface area contributed by atoms with Crippen molar-refractivity contribution >= 4 is 27.6 Å². The Morgan fingerprint density at radius 2 is 1.74 bits per heavy atom. The zero-order valence-electron chi connectivity index (χ0n) is 20.6. The first-order chi connectivity index (χ1) is 16.8. The monoisotopic (exact) mass is 502 g/mol. The number of benzene rings is 2. The molecule has 1 saturated heterocycles. The van der Waals surface area contributed by atoms with Gasteiger partial charge in [-0.05, 0) is 81.1 Å². The summed E-state index contributed by atoms with van der Waals surface area (Å²) in [5.41, 5.74) is 1.78. The van der Waals surface area contributed by atoms with Crippen molar-refractivity contribution in [1.82, 2.24) is 4.31 Å². The number of sulfonamides is 1. The maximum absolute atomic E-state index is 13.1. The van der Waals surface area contributed by atoms with E-state index in [9.17, 15) is 18.0 Å². The summed E-state index contributed by atoms with van der Waals surface area (Å²) in [7, 11) is -3.64. The average molecular weight is 503 g/mol. The minimum absolute atomic E-state index is 0.155. The molecule has 35 heavy (non-hydrogen) atoms. The van der Waals surface area contributed by atoms with Crippen LogP contribution in [-0.2, 0) is 19.6 Å². The van der Waals surface area contributed by atoms with Crippen LogP contribution in [0.15, 0.2) is 47.4 Å². The SMILES string of the molecule is CCCCOC(=O)c1ccc(NC(=O)C2CCN(S(=O)(=O)c3ccc(OCC)c(C)c3)CC2)cc1. The van der Waals surface area contributed by atoms with E-state index >= 15 is 0 Å². The molecule has 2 aromatic carbocycles. The Bertz CT molecular complexity index is 1120.